The SMILES string of the molecule is NC(=O)c1nccnc1NCCCNCc1cccnc1. The molecule has 7 heteroatoms. The van der Waals surface area contributed by atoms with Crippen molar-refractivity contribution in [2.24, 2.45) is 5.73 Å². The first kappa shape index (κ1) is 14.9. The molecular formula is C14H18N6O. The number of nitrogens with one attached hydrogen (secondary N) is 2. The molecule has 0 radical (unpaired) electrons. The molecule has 2 rings (SSSR count). The van der Waals surface area contributed by atoms with Gasteiger partial charge in [-0.1, -0.05) is 6.07 Å². The summed E-state index contributed by atoms with van der Waals surface area (Å²) in [6.45, 7) is 2.30. The molecule has 0 spiro atoms. The van der Waals surface area contributed by atoms with Crippen LogP contribution in [0.1, 0.15) is 22.5 Å². The molecular weight excluding hydrogens is 268 g/mol. The molecule has 0 saturated heterocycles. The second-order valence-corrected chi connectivity index (χ2v) is 4.44. The third-order valence-corrected chi connectivity index (χ3v) is 2.81. The van der Waals surface area contributed by atoms with Crippen LogP contribution in [0.4, 0.5) is 5.82 Å². The van der Waals surface area contributed by atoms with Crippen LogP contribution in [0.5, 0.6) is 0 Å². The molecule has 0 bridgehead atoms. The normalized spacial score (nSPS) is 10.3. The highest BCUT2D eigenvalue weighted by atomic mass is 16.1. The molecule has 2 aromatic rings. The molecule has 110 valence electrons. The van der Waals surface area contributed by atoms with Crippen molar-refractivity contribution in [2.75, 3.05) is 18.4 Å². The zero-order valence-corrected chi connectivity index (χ0v) is 11.6. The number of anilines is 1. The predicted octanol–water partition coefficient (Wildman–Crippen LogP) is 0.562. The van der Waals surface area contributed by atoms with Crippen LogP contribution in [0.15, 0.2) is 36.9 Å². The molecule has 0 aromatic carbocycles. The lowest BCUT2D eigenvalue weighted by Crippen LogP contribution is -2.20. The van der Waals surface area contributed by atoms with Crippen molar-refractivity contribution >= 4 is 11.7 Å². The first-order chi connectivity index (χ1) is 10.3. The molecule has 0 atom stereocenters. The molecule has 0 saturated carbocycles. The molecule has 21 heavy (non-hydrogen) atoms. The summed E-state index contributed by atoms with van der Waals surface area (Å²) in [5, 5.41) is 6.38. The smallest absolute Gasteiger partial charge is 0.271 e. The number of carbonyl (C=O) groups is 1. The van der Waals surface area contributed by atoms with E-state index in [9.17, 15) is 4.79 Å². The van der Waals surface area contributed by atoms with Gasteiger partial charge in [0.1, 0.15) is 0 Å². The van der Waals surface area contributed by atoms with Crippen molar-refractivity contribution in [1.82, 2.24) is 20.3 Å². The lowest BCUT2D eigenvalue weighted by Gasteiger charge is -2.08. The number of hydrogen-bond donors (Lipinski definition) is 3. The fourth-order valence-electron chi connectivity index (χ4n) is 1.80. The molecule has 0 aliphatic rings. The standard InChI is InChI=1S/C14H18N6O/c15-13(21)12-14(20-8-7-18-12)19-6-2-5-17-10-11-3-1-4-16-9-11/h1,3-4,7-9,17H,2,5-6,10H2,(H2,15,21)(H,19,20). The summed E-state index contributed by atoms with van der Waals surface area (Å²) < 4.78 is 0. The Labute approximate surface area is 123 Å². The first-order valence-corrected chi connectivity index (χ1v) is 6.71. The van der Waals surface area contributed by atoms with E-state index in [2.05, 4.69) is 25.6 Å². The number of primary amides is 1. The molecule has 2 heterocycles. The van der Waals surface area contributed by atoms with E-state index in [0.717, 1.165) is 25.1 Å². The van der Waals surface area contributed by atoms with Crippen molar-refractivity contribution in [3.8, 4) is 0 Å². The van der Waals surface area contributed by atoms with E-state index in [0.29, 0.717) is 12.4 Å². The number of aromatic nitrogens is 3. The maximum atomic E-state index is 11.2. The van der Waals surface area contributed by atoms with Gasteiger partial charge < -0.3 is 16.4 Å². The minimum atomic E-state index is -0.583. The molecule has 0 aliphatic carbocycles. The van der Waals surface area contributed by atoms with Gasteiger partial charge in [-0.15, -0.1) is 0 Å². The number of carbonyl (C=O) groups excluding carboxylic acids is 1. The number of nitrogens with zero attached hydrogens (tertiary/aromatic N) is 3. The fourth-order valence-corrected chi connectivity index (χ4v) is 1.80. The van der Waals surface area contributed by atoms with Crippen molar-refractivity contribution in [3.05, 3.63) is 48.2 Å². The number of amides is 1. The molecule has 0 aliphatic heterocycles. The van der Waals surface area contributed by atoms with Gasteiger partial charge in [0.2, 0.25) is 0 Å². The molecule has 0 unspecified atom stereocenters. The van der Waals surface area contributed by atoms with Crippen LogP contribution in [-0.2, 0) is 6.54 Å². The van der Waals surface area contributed by atoms with E-state index in [4.69, 9.17) is 5.73 Å². The third-order valence-electron chi connectivity index (χ3n) is 2.81. The van der Waals surface area contributed by atoms with Crippen LogP contribution in [0.3, 0.4) is 0 Å². The molecule has 7 nitrogen and oxygen atoms in total. The van der Waals surface area contributed by atoms with Crippen LogP contribution in [0, 0.1) is 0 Å². The minimum Gasteiger partial charge on any atom is -0.368 e. The summed E-state index contributed by atoms with van der Waals surface area (Å²) in [5.41, 5.74) is 6.55. The quantitative estimate of drug-likeness (QED) is 0.612. The van der Waals surface area contributed by atoms with Crippen molar-refractivity contribution in [3.63, 3.8) is 0 Å². The number of rotatable bonds is 8. The van der Waals surface area contributed by atoms with E-state index in [-0.39, 0.29) is 5.69 Å². The van der Waals surface area contributed by atoms with Crippen molar-refractivity contribution < 1.29 is 4.79 Å². The van der Waals surface area contributed by atoms with Crippen LogP contribution >= 0.6 is 0 Å². The average Bonchev–Trinajstić information content (AvgIpc) is 2.52. The van der Waals surface area contributed by atoms with Gasteiger partial charge in [-0.05, 0) is 24.6 Å². The lowest BCUT2D eigenvalue weighted by atomic mass is 10.3. The Kier molecular flexibility index (Phi) is 5.60. The number of pyridine rings is 1. The minimum absolute atomic E-state index is 0.167. The van der Waals surface area contributed by atoms with Crippen LogP contribution in [-0.4, -0.2) is 33.9 Å². The largest absolute Gasteiger partial charge is 0.368 e. The van der Waals surface area contributed by atoms with Gasteiger partial charge in [-0.2, -0.15) is 0 Å². The van der Waals surface area contributed by atoms with Gasteiger partial charge in [-0.3, -0.25) is 9.78 Å². The van der Waals surface area contributed by atoms with Crippen molar-refractivity contribution in [2.45, 2.75) is 13.0 Å². The fraction of sp³-hybridized carbons (Fsp3) is 0.286. The lowest BCUT2D eigenvalue weighted by molar-refractivity contribution is 0.0996. The molecule has 4 N–H and O–H groups in total. The van der Waals surface area contributed by atoms with E-state index >= 15 is 0 Å². The Morgan fingerprint density at radius 2 is 2.05 bits per heavy atom. The maximum Gasteiger partial charge on any atom is 0.271 e. The molecule has 0 fully saturated rings. The Balaban J connectivity index is 1.67. The average molecular weight is 286 g/mol. The van der Waals surface area contributed by atoms with Gasteiger partial charge in [0.05, 0.1) is 0 Å². The Bertz CT molecular complexity index is 575. The summed E-state index contributed by atoms with van der Waals surface area (Å²) in [4.78, 5) is 23.2. The van der Waals surface area contributed by atoms with Gasteiger partial charge in [0.15, 0.2) is 11.5 Å². The number of nitrogens with two attached hydrogens (primary N) is 1. The maximum absolute atomic E-state index is 11.2. The highest BCUT2D eigenvalue weighted by Gasteiger charge is 2.09. The summed E-state index contributed by atoms with van der Waals surface area (Å²) in [6, 6.07) is 3.94. The first-order valence-electron chi connectivity index (χ1n) is 6.71. The van der Waals surface area contributed by atoms with Crippen LogP contribution < -0.4 is 16.4 Å². The second-order valence-electron chi connectivity index (χ2n) is 4.44. The van der Waals surface area contributed by atoms with Gasteiger partial charge in [0, 0.05) is 37.9 Å². The van der Waals surface area contributed by atoms with E-state index < -0.39 is 5.91 Å². The topological polar surface area (TPSA) is 106 Å². The molecule has 1 amide bonds. The van der Waals surface area contributed by atoms with E-state index in [1.165, 1.54) is 12.4 Å². The predicted molar refractivity (Wildman–Crippen MR) is 79.6 cm³/mol. The van der Waals surface area contributed by atoms with E-state index in [1.807, 2.05) is 18.3 Å². The summed E-state index contributed by atoms with van der Waals surface area (Å²) >= 11 is 0. The van der Waals surface area contributed by atoms with Gasteiger partial charge in [-0.25, -0.2) is 9.97 Å². The van der Waals surface area contributed by atoms with Gasteiger partial charge >= 0.3 is 0 Å². The highest BCUT2D eigenvalue weighted by Crippen LogP contribution is 2.06. The summed E-state index contributed by atoms with van der Waals surface area (Å²) in [6.07, 6.45) is 7.44. The van der Waals surface area contributed by atoms with Gasteiger partial charge in [0.25, 0.3) is 5.91 Å². The third kappa shape index (κ3) is 4.81. The Morgan fingerprint density at radius 1 is 1.19 bits per heavy atom. The van der Waals surface area contributed by atoms with E-state index in [1.54, 1.807) is 6.20 Å². The second kappa shape index (κ2) is 7.91. The van der Waals surface area contributed by atoms with Crippen molar-refractivity contribution in [1.29, 1.82) is 0 Å². The van der Waals surface area contributed by atoms with Crippen LogP contribution in [0.2, 0.25) is 0 Å². The number of hydrogen-bond acceptors (Lipinski definition) is 6. The monoisotopic (exact) mass is 286 g/mol. The summed E-state index contributed by atoms with van der Waals surface area (Å²) in [7, 11) is 0. The Hall–Kier alpha value is -2.54. The Morgan fingerprint density at radius 3 is 2.81 bits per heavy atom. The zero-order chi connectivity index (χ0) is 14.9. The molecule has 2 aromatic heterocycles. The van der Waals surface area contributed by atoms with Crippen LogP contribution in [0.25, 0.3) is 0 Å². The summed E-state index contributed by atoms with van der Waals surface area (Å²) in [5.74, 6) is -0.155. The highest BCUT2D eigenvalue weighted by molar-refractivity contribution is 5.95. The zero-order valence-electron chi connectivity index (χ0n) is 11.6.